The fourth-order valence-electron chi connectivity index (χ4n) is 2.13. The zero-order chi connectivity index (χ0) is 12.5. The molecule has 1 saturated carbocycles. The van der Waals surface area contributed by atoms with E-state index in [1.54, 1.807) is 17.0 Å². The van der Waals surface area contributed by atoms with Crippen LogP contribution in [-0.4, -0.2) is 16.1 Å². The molecule has 4 heteroatoms. The van der Waals surface area contributed by atoms with Gasteiger partial charge in [0.05, 0.1) is 0 Å². The second-order valence-electron chi connectivity index (χ2n) is 5.54. The quantitative estimate of drug-likeness (QED) is 0.850. The average Bonchev–Trinajstić information content (AvgIpc) is 2.88. The zero-order valence-electron chi connectivity index (χ0n) is 10.9. The van der Waals surface area contributed by atoms with Crippen molar-refractivity contribution in [1.29, 1.82) is 0 Å². The van der Waals surface area contributed by atoms with Crippen LogP contribution in [0, 0.1) is 11.3 Å². The second-order valence-corrected chi connectivity index (χ2v) is 5.54. The Morgan fingerprint density at radius 1 is 1.59 bits per heavy atom. The Morgan fingerprint density at radius 3 is 2.88 bits per heavy atom. The Morgan fingerprint density at radius 2 is 2.29 bits per heavy atom. The topological polar surface area (TPSA) is 46.9 Å². The average molecular weight is 235 g/mol. The van der Waals surface area contributed by atoms with Gasteiger partial charge in [-0.3, -0.25) is 4.79 Å². The molecule has 0 aliphatic heterocycles. The Labute approximate surface area is 102 Å². The highest BCUT2D eigenvalue weighted by Gasteiger charge is 2.45. The molecular weight excluding hydrogens is 214 g/mol. The molecule has 1 N–H and O–H groups in total. The van der Waals surface area contributed by atoms with E-state index in [0.717, 1.165) is 19.5 Å². The van der Waals surface area contributed by atoms with Gasteiger partial charge in [0.2, 0.25) is 0 Å². The van der Waals surface area contributed by atoms with Gasteiger partial charge in [0.1, 0.15) is 0 Å². The fraction of sp³-hybridized carbons (Fsp3) is 0.692. The third-order valence-corrected chi connectivity index (χ3v) is 3.61. The number of aromatic nitrogens is 2. The predicted molar refractivity (Wildman–Crippen MR) is 69.2 cm³/mol. The lowest BCUT2D eigenvalue weighted by molar-refractivity contribution is 0.572. The first-order chi connectivity index (χ1) is 8.04. The molecule has 1 aliphatic carbocycles. The van der Waals surface area contributed by atoms with E-state index in [9.17, 15) is 4.79 Å². The molecule has 1 aromatic heterocycles. The van der Waals surface area contributed by atoms with Crippen molar-refractivity contribution >= 4 is 5.82 Å². The lowest BCUT2D eigenvalue weighted by Gasteiger charge is -2.08. The summed E-state index contributed by atoms with van der Waals surface area (Å²) in [5.41, 5.74) is 0.428. The summed E-state index contributed by atoms with van der Waals surface area (Å²) in [6, 6.07) is 0. The van der Waals surface area contributed by atoms with Crippen molar-refractivity contribution in [1.82, 2.24) is 9.55 Å². The van der Waals surface area contributed by atoms with Gasteiger partial charge in [-0.15, -0.1) is 0 Å². The van der Waals surface area contributed by atoms with Gasteiger partial charge in [0, 0.05) is 25.5 Å². The molecule has 0 spiro atoms. The SMILES string of the molecule is CCCn1ccnc(NCC2CC2(C)C)c1=O. The molecule has 1 atom stereocenters. The van der Waals surface area contributed by atoms with Crippen molar-refractivity contribution in [2.45, 2.75) is 40.2 Å². The number of hydrogen-bond acceptors (Lipinski definition) is 3. The maximum absolute atomic E-state index is 12.0. The minimum Gasteiger partial charge on any atom is -0.365 e. The standard InChI is InChI=1S/C13H21N3O/c1-4-6-16-7-5-14-11(12(16)17)15-9-10-8-13(10,2)3/h5,7,10H,4,6,8-9H2,1-3H3,(H,14,15). The number of nitrogens with zero attached hydrogens (tertiary/aromatic N) is 2. The first kappa shape index (κ1) is 12.1. The molecule has 94 valence electrons. The molecule has 4 nitrogen and oxygen atoms in total. The molecule has 0 radical (unpaired) electrons. The van der Waals surface area contributed by atoms with Gasteiger partial charge in [-0.2, -0.15) is 0 Å². The molecule has 0 saturated heterocycles. The van der Waals surface area contributed by atoms with Gasteiger partial charge in [-0.05, 0) is 24.2 Å². The molecule has 1 heterocycles. The summed E-state index contributed by atoms with van der Waals surface area (Å²) < 4.78 is 1.72. The number of hydrogen-bond donors (Lipinski definition) is 1. The van der Waals surface area contributed by atoms with Crippen molar-refractivity contribution in [2.24, 2.45) is 11.3 Å². The van der Waals surface area contributed by atoms with Gasteiger partial charge >= 0.3 is 0 Å². The third kappa shape index (κ3) is 2.68. The van der Waals surface area contributed by atoms with E-state index in [4.69, 9.17) is 0 Å². The van der Waals surface area contributed by atoms with Crippen molar-refractivity contribution in [3.8, 4) is 0 Å². The fourth-order valence-corrected chi connectivity index (χ4v) is 2.13. The molecule has 17 heavy (non-hydrogen) atoms. The Bertz CT molecular complexity index is 450. The Hall–Kier alpha value is -1.32. The molecule has 2 rings (SSSR count). The van der Waals surface area contributed by atoms with Crippen LogP contribution in [0.15, 0.2) is 17.2 Å². The first-order valence-electron chi connectivity index (χ1n) is 6.34. The molecule has 1 unspecified atom stereocenters. The summed E-state index contributed by atoms with van der Waals surface area (Å²) in [7, 11) is 0. The monoisotopic (exact) mass is 235 g/mol. The summed E-state index contributed by atoms with van der Waals surface area (Å²) in [6.45, 7) is 8.18. The molecule has 1 fully saturated rings. The Balaban J connectivity index is 2.01. The van der Waals surface area contributed by atoms with Crippen LogP contribution in [0.4, 0.5) is 5.82 Å². The van der Waals surface area contributed by atoms with Gasteiger partial charge in [0.15, 0.2) is 5.82 Å². The maximum Gasteiger partial charge on any atom is 0.293 e. The van der Waals surface area contributed by atoms with Crippen molar-refractivity contribution in [3.05, 3.63) is 22.7 Å². The molecular formula is C13H21N3O. The van der Waals surface area contributed by atoms with Gasteiger partial charge in [-0.1, -0.05) is 20.8 Å². The molecule has 0 amide bonds. The van der Waals surface area contributed by atoms with E-state index < -0.39 is 0 Å². The summed E-state index contributed by atoms with van der Waals surface area (Å²) in [6.07, 6.45) is 5.63. The summed E-state index contributed by atoms with van der Waals surface area (Å²) >= 11 is 0. The van der Waals surface area contributed by atoms with Crippen LogP contribution in [0.1, 0.15) is 33.6 Å². The van der Waals surface area contributed by atoms with Crippen LogP contribution < -0.4 is 10.9 Å². The van der Waals surface area contributed by atoms with Crippen molar-refractivity contribution in [3.63, 3.8) is 0 Å². The number of nitrogens with one attached hydrogen (secondary N) is 1. The highest BCUT2D eigenvalue weighted by molar-refractivity contribution is 5.31. The second kappa shape index (κ2) is 4.51. The van der Waals surface area contributed by atoms with Gasteiger partial charge < -0.3 is 9.88 Å². The van der Waals surface area contributed by atoms with Crippen molar-refractivity contribution in [2.75, 3.05) is 11.9 Å². The maximum atomic E-state index is 12.0. The third-order valence-electron chi connectivity index (χ3n) is 3.61. The lowest BCUT2D eigenvalue weighted by Crippen LogP contribution is -2.25. The molecule has 0 aromatic carbocycles. The summed E-state index contributed by atoms with van der Waals surface area (Å²) in [4.78, 5) is 16.1. The van der Waals surface area contributed by atoms with Crippen molar-refractivity contribution < 1.29 is 0 Å². The smallest absolute Gasteiger partial charge is 0.293 e. The minimum absolute atomic E-state index is 0.00666. The zero-order valence-corrected chi connectivity index (χ0v) is 10.9. The van der Waals surface area contributed by atoms with Crippen LogP contribution in [0.3, 0.4) is 0 Å². The normalized spacial score (nSPS) is 21.2. The minimum atomic E-state index is -0.00666. The first-order valence-corrected chi connectivity index (χ1v) is 6.34. The largest absolute Gasteiger partial charge is 0.365 e. The Kier molecular flexibility index (Phi) is 3.22. The summed E-state index contributed by atoms with van der Waals surface area (Å²) in [5, 5.41) is 3.18. The van der Waals surface area contributed by atoms with Crippen LogP contribution in [0.2, 0.25) is 0 Å². The van der Waals surface area contributed by atoms with E-state index in [1.807, 2.05) is 0 Å². The number of aryl methyl sites for hydroxylation is 1. The summed E-state index contributed by atoms with van der Waals surface area (Å²) in [5.74, 6) is 1.16. The molecule has 1 aliphatic rings. The van der Waals surface area contributed by atoms with Gasteiger partial charge in [0.25, 0.3) is 5.56 Å². The van der Waals surface area contributed by atoms with E-state index >= 15 is 0 Å². The van der Waals surface area contributed by atoms with E-state index in [0.29, 0.717) is 17.2 Å². The van der Waals surface area contributed by atoms with E-state index in [1.165, 1.54) is 6.42 Å². The highest BCUT2D eigenvalue weighted by Crippen LogP contribution is 2.51. The predicted octanol–water partition coefficient (Wildman–Crippen LogP) is 2.11. The molecule has 0 bridgehead atoms. The van der Waals surface area contributed by atoms with E-state index in [-0.39, 0.29) is 5.56 Å². The number of rotatable bonds is 5. The highest BCUT2D eigenvalue weighted by atomic mass is 16.1. The van der Waals surface area contributed by atoms with Crippen LogP contribution in [0.5, 0.6) is 0 Å². The van der Waals surface area contributed by atoms with Crippen LogP contribution >= 0.6 is 0 Å². The van der Waals surface area contributed by atoms with Gasteiger partial charge in [-0.25, -0.2) is 4.98 Å². The lowest BCUT2D eigenvalue weighted by atomic mass is 10.1. The number of anilines is 1. The van der Waals surface area contributed by atoms with E-state index in [2.05, 4.69) is 31.1 Å². The molecule has 1 aromatic rings. The van der Waals surface area contributed by atoms with Crippen LogP contribution in [0.25, 0.3) is 0 Å². The van der Waals surface area contributed by atoms with Crippen LogP contribution in [-0.2, 0) is 6.54 Å².